The second-order valence-corrected chi connectivity index (χ2v) is 9.85. The molecule has 0 saturated carbocycles. The van der Waals surface area contributed by atoms with E-state index in [9.17, 15) is 28.2 Å². The lowest BCUT2D eigenvalue weighted by Crippen LogP contribution is -2.63. The molecule has 0 aromatic carbocycles. The van der Waals surface area contributed by atoms with Gasteiger partial charge in [0, 0.05) is 16.9 Å². The molecule has 14 heteroatoms. The number of nitrogens with zero attached hydrogens (tertiary/aromatic N) is 3. The van der Waals surface area contributed by atoms with Crippen LogP contribution in [0.2, 0.25) is 0 Å². The molecule has 4 rings (SSSR count). The van der Waals surface area contributed by atoms with E-state index in [1.54, 1.807) is 25.6 Å². The van der Waals surface area contributed by atoms with Crippen LogP contribution in [0.5, 0.6) is 0 Å². The molecule has 4 heterocycles. The zero-order valence-electron chi connectivity index (χ0n) is 16.6. The van der Waals surface area contributed by atoms with Crippen molar-refractivity contribution in [3.63, 3.8) is 0 Å². The molecule has 2 aromatic heterocycles. The van der Waals surface area contributed by atoms with Crippen LogP contribution in [0.1, 0.15) is 19.5 Å². The summed E-state index contributed by atoms with van der Waals surface area (Å²) in [7, 11) is -3.98. The first kappa shape index (κ1) is 21.9. The van der Waals surface area contributed by atoms with E-state index in [1.807, 2.05) is 13.1 Å². The standard InChI is InChI=1S/C17H21N5O7S2/c1-8-11(15(17(25)26)22-14(8)13(9(2)23)16(22)24)3-20-4-12-21(7-20)10(6-30-12)5-29-19-31(18,27)28/h4,6-9,13-14,19,23H,3,5H2,1-2H3,(H2-,18,25,26,27,28)/p+1/t8-,9+,13+,14+/m0/s1. The fourth-order valence-corrected chi connectivity index (χ4v) is 5.49. The van der Waals surface area contributed by atoms with Crippen LogP contribution in [0, 0.1) is 11.8 Å². The number of fused-ring (bicyclic) bond motifs is 2. The number of aromatic nitrogens is 2. The van der Waals surface area contributed by atoms with Gasteiger partial charge in [-0.3, -0.25) is 9.63 Å². The quantitative estimate of drug-likeness (QED) is 0.211. The van der Waals surface area contributed by atoms with E-state index in [2.05, 4.69) is 0 Å². The lowest BCUT2D eigenvalue weighted by Gasteiger charge is -2.46. The molecule has 168 valence electrons. The van der Waals surface area contributed by atoms with Crippen LogP contribution in [0.4, 0.5) is 0 Å². The minimum absolute atomic E-state index is 0.0256. The zero-order valence-corrected chi connectivity index (χ0v) is 18.3. The number of rotatable bonds is 8. The van der Waals surface area contributed by atoms with Crippen LogP contribution in [0.25, 0.3) is 4.83 Å². The summed E-state index contributed by atoms with van der Waals surface area (Å²) in [4.78, 5) is 33.1. The Labute approximate surface area is 181 Å². The van der Waals surface area contributed by atoms with Crippen molar-refractivity contribution in [3.8, 4) is 0 Å². The van der Waals surface area contributed by atoms with Gasteiger partial charge in [-0.25, -0.2) is 14.5 Å². The summed E-state index contributed by atoms with van der Waals surface area (Å²) < 4.78 is 25.4. The number of carbonyl (C=O) groups excluding carboxylic acids is 1. The van der Waals surface area contributed by atoms with Crippen molar-refractivity contribution in [1.82, 2.24) is 14.2 Å². The summed E-state index contributed by atoms with van der Waals surface area (Å²) in [5.74, 6) is -2.38. The van der Waals surface area contributed by atoms with Gasteiger partial charge in [-0.05, 0) is 6.92 Å². The molecule has 5 N–H and O–H groups in total. The van der Waals surface area contributed by atoms with Crippen molar-refractivity contribution in [2.24, 2.45) is 17.0 Å². The largest absolute Gasteiger partial charge is 0.477 e. The van der Waals surface area contributed by atoms with Crippen LogP contribution >= 0.6 is 11.3 Å². The number of nitrogens with one attached hydrogen (secondary N) is 1. The van der Waals surface area contributed by atoms with E-state index in [0.29, 0.717) is 11.3 Å². The highest BCUT2D eigenvalue weighted by molar-refractivity contribution is 7.87. The smallest absolute Gasteiger partial charge is 0.352 e. The number of imidazole rings is 1. The van der Waals surface area contributed by atoms with Crippen LogP contribution < -0.4 is 14.6 Å². The summed E-state index contributed by atoms with van der Waals surface area (Å²) in [5.41, 5.74) is 1.24. The molecule has 2 aliphatic heterocycles. The Morgan fingerprint density at radius 1 is 1.48 bits per heavy atom. The highest BCUT2D eigenvalue weighted by atomic mass is 32.2. The minimum atomic E-state index is -3.98. The summed E-state index contributed by atoms with van der Waals surface area (Å²) in [6, 6.07) is -0.369. The Morgan fingerprint density at radius 2 is 2.19 bits per heavy atom. The molecular formula is C17H22N5O7S2+. The molecule has 2 aromatic rings. The van der Waals surface area contributed by atoms with Gasteiger partial charge in [-0.2, -0.15) is 12.8 Å². The number of nitrogens with two attached hydrogens (primary N) is 1. The van der Waals surface area contributed by atoms with Crippen molar-refractivity contribution in [2.75, 3.05) is 0 Å². The average molecular weight is 473 g/mol. The molecule has 0 aliphatic carbocycles. The number of aliphatic hydroxyl groups excluding tert-OH is 1. The molecule has 0 spiro atoms. The van der Waals surface area contributed by atoms with Gasteiger partial charge in [-0.15, -0.1) is 0 Å². The second kappa shape index (κ2) is 7.65. The number of aliphatic hydroxyl groups is 1. The van der Waals surface area contributed by atoms with Gasteiger partial charge >= 0.3 is 5.97 Å². The Balaban J connectivity index is 1.58. The van der Waals surface area contributed by atoms with Gasteiger partial charge in [0.25, 0.3) is 10.2 Å². The van der Waals surface area contributed by atoms with Crippen molar-refractivity contribution in [1.29, 1.82) is 0 Å². The monoisotopic (exact) mass is 472 g/mol. The normalized spacial score (nSPS) is 24.6. The first-order chi connectivity index (χ1) is 14.5. The van der Waals surface area contributed by atoms with Gasteiger partial charge < -0.3 is 15.1 Å². The summed E-state index contributed by atoms with van der Waals surface area (Å²) in [5, 5.41) is 26.3. The molecule has 2 aliphatic rings. The van der Waals surface area contributed by atoms with Crippen LogP contribution in [0.3, 0.4) is 0 Å². The Morgan fingerprint density at radius 3 is 2.81 bits per heavy atom. The molecule has 12 nitrogen and oxygen atoms in total. The van der Waals surface area contributed by atoms with Gasteiger partial charge in [0.05, 0.1) is 18.1 Å². The number of β-lactam (4-membered cyclic amide) rings is 1. The lowest BCUT2D eigenvalue weighted by molar-refractivity contribution is -0.688. The molecule has 4 atom stereocenters. The van der Waals surface area contributed by atoms with E-state index in [0.717, 1.165) is 4.83 Å². The predicted octanol–water partition coefficient (Wildman–Crippen LogP) is -1.29. The van der Waals surface area contributed by atoms with E-state index >= 15 is 0 Å². The molecule has 1 fully saturated rings. The topological polar surface area (TPSA) is 168 Å². The average Bonchev–Trinajstić information content (AvgIpc) is 3.27. The highest BCUT2D eigenvalue weighted by Gasteiger charge is 2.60. The second-order valence-electron chi connectivity index (χ2n) is 7.70. The fraction of sp³-hybridized carbons (Fsp3) is 0.471. The Kier molecular flexibility index (Phi) is 5.39. The Bertz CT molecular complexity index is 1200. The molecule has 0 radical (unpaired) electrons. The van der Waals surface area contributed by atoms with Crippen molar-refractivity contribution in [3.05, 3.63) is 34.9 Å². The van der Waals surface area contributed by atoms with Crippen molar-refractivity contribution < 1.29 is 37.6 Å². The minimum Gasteiger partial charge on any atom is -0.477 e. The fourth-order valence-electron chi connectivity index (χ4n) is 4.36. The zero-order chi connectivity index (χ0) is 22.7. The third kappa shape index (κ3) is 3.75. The third-order valence-electron chi connectivity index (χ3n) is 5.67. The number of amides is 1. The van der Waals surface area contributed by atoms with Gasteiger partial charge in [0.15, 0.2) is 0 Å². The van der Waals surface area contributed by atoms with Crippen molar-refractivity contribution >= 4 is 38.3 Å². The highest BCUT2D eigenvalue weighted by Crippen LogP contribution is 2.47. The number of hydrogen-bond donors (Lipinski definition) is 4. The predicted molar refractivity (Wildman–Crippen MR) is 106 cm³/mol. The maximum Gasteiger partial charge on any atom is 0.352 e. The first-order valence-corrected chi connectivity index (χ1v) is 11.8. The first-order valence-electron chi connectivity index (χ1n) is 9.36. The van der Waals surface area contributed by atoms with Crippen LogP contribution in [0.15, 0.2) is 29.2 Å². The molecule has 0 unspecified atom stereocenters. The molecular weight excluding hydrogens is 450 g/mol. The molecule has 1 saturated heterocycles. The van der Waals surface area contributed by atoms with E-state index in [1.165, 1.54) is 23.2 Å². The lowest BCUT2D eigenvalue weighted by atomic mass is 9.78. The number of carbonyl (C=O) groups is 2. The van der Waals surface area contributed by atoms with E-state index in [-0.39, 0.29) is 36.7 Å². The summed E-state index contributed by atoms with van der Waals surface area (Å²) >= 11 is 1.40. The van der Waals surface area contributed by atoms with Gasteiger partial charge in [0.2, 0.25) is 17.1 Å². The van der Waals surface area contributed by atoms with Crippen molar-refractivity contribution in [2.45, 2.75) is 39.1 Å². The maximum absolute atomic E-state index is 12.4. The Hall–Kier alpha value is -2.36. The number of carboxylic acid groups (broad SMARTS) is 1. The molecule has 1 amide bonds. The number of aliphatic carboxylic acids is 1. The molecule has 31 heavy (non-hydrogen) atoms. The molecule has 0 bridgehead atoms. The summed E-state index contributed by atoms with van der Waals surface area (Å²) in [6.07, 6.45) is 2.71. The van der Waals surface area contributed by atoms with Gasteiger partial charge in [0.1, 0.15) is 30.7 Å². The number of hydrogen-bond acceptors (Lipinski definition) is 7. The number of thiazole rings is 1. The van der Waals surface area contributed by atoms with Crippen LogP contribution in [-0.2, 0) is 37.8 Å². The SMILES string of the molecule is C[C@@H](O)[C@H]1C(=O)N2C(C(=O)O)=C(C[n+]3cc4scc(CONS(N)(=O)=O)n4c3)[C@H](C)[C@H]12. The number of carboxylic acids is 1. The van der Waals surface area contributed by atoms with Crippen LogP contribution in [-0.4, -0.2) is 52.0 Å². The maximum atomic E-state index is 12.4. The van der Waals surface area contributed by atoms with E-state index in [4.69, 9.17) is 9.98 Å². The van der Waals surface area contributed by atoms with E-state index < -0.39 is 28.2 Å². The third-order valence-corrected chi connectivity index (χ3v) is 6.95. The summed E-state index contributed by atoms with van der Waals surface area (Å²) in [6.45, 7) is 3.59. The van der Waals surface area contributed by atoms with Gasteiger partial charge in [-0.1, -0.05) is 23.1 Å².